The van der Waals surface area contributed by atoms with Crippen LogP contribution >= 0.6 is 0 Å². The number of nitro benzene ring substituents is 1. The number of carbonyl (C=O) groups is 2. The Bertz CT molecular complexity index is 709. The van der Waals surface area contributed by atoms with Crippen molar-refractivity contribution >= 4 is 23.3 Å². The normalized spacial score (nSPS) is 17.6. The lowest BCUT2D eigenvalue weighted by Gasteiger charge is -2.23. The van der Waals surface area contributed by atoms with Crippen molar-refractivity contribution in [1.82, 2.24) is 5.32 Å². The third kappa shape index (κ3) is 4.96. The number of nitrogens with one attached hydrogen (secondary N) is 1. The first kappa shape index (κ1) is 19.1. The molecule has 0 atom stereocenters. The largest absolute Gasteiger partial charge is 0.452 e. The van der Waals surface area contributed by atoms with E-state index in [4.69, 9.17) is 4.74 Å². The van der Waals surface area contributed by atoms with Gasteiger partial charge in [0.25, 0.3) is 11.6 Å². The second-order valence-electron chi connectivity index (χ2n) is 7.13. The standard InChI is InChI=1S/C19H25N3O5/c23-18(20-14-6-2-1-3-7-14)13-27-19(24)16-12-15(22(25)26)8-9-17(16)21-10-4-5-11-21/h8-9,12,14H,1-7,10-11,13H2,(H,20,23). The van der Waals surface area contributed by atoms with Crippen LogP contribution in [0.1, 0.15) is 55.3 Å². The first-order valence-corrected chi connectivity index (χ1v) is 9.54. The zero-order chi connectivity index (χ0) is 19.2. The van der Waals surface area contributed by atoms with E-state index in [-0.39, 0.29) is 29.8 Å². The minimum absolute atomic E-state index is 0.136. The van der Waals surface area contributed by atoms with Crippen molar-refractivity contribution < 1.29 is 19.2 Å². The lowest BCUT2D eigenvalue weighted by atomic mass is 9.95. The number of hydrogen-bond donors (Lipinski definition) is 1. The highest BCUT2D eigenvalue weighted by atomic mass is 16.6. The van der Waals surface area contributed by atoms with Crippen molar-refractivity contribution in [1.29, 1.82) is 0 Å². The molecule has 3 rings (SSSR count). The number of nitro groups is 1. The van der Waals surface area contributed by atoms with Gasteiger partial charge in [0.1, 0.15) is 0 Å². The van der Waals surface area contributed by atoms with Gasteiger partial charge in [-0.15, -0.1) is 0 Å². The number of amides is 1. The molecule has 1 heterocycles. The highest BCUT2D eigenvalue weighted by molar-refractivity contribution is 5.97. The Morgan fingerprint density at radius 2 is 1.85 bits per heavy atom. The van der Waals surface area contributed by atoms with E-state index in [1.165, 1.54) is 18.6 Å². The van der Waals surface area contributed by atoms with Gasteiger partial charge >= 0.3 is 5.97 Å². The van der Waals surface area contributed by atoms with E-state index in [0.29, 0.717) is 5.69 Å². The molecule has 0 aromatic heterocycles. The average molecular weight is 375 g/mol. The van der Waals surface area contributed by atoms with E-state index in [0.717, 1.165) is 51.6 Å². The Morgan fingerprint density at radius 3 is 2.52 bits per heavy atom. The molecule has 0 bridgehead atoms. The maximum atomic E-state index is 12.5. The Balaban J connectivity index is 1.65. The van der Waals surface area contributed by atoms with Crippen LogP contribution in [0.2, 0.25) is 0 Å². The zero-order valence-corrected chi connectivity index (χ0v) is 15.3. The number of esters is 1. The highest BCUT2D eigenvalue weighted by Crippen LogP contribution is 2.29. The Labute approximate surface area is 158 Å². The summed E-state index contributed by atoms with van der Waals surface area (Å²) >= 11 is 0. The summed E-state index contributed by atoms with van der Waals surface area (Å²) < 4.78 is 5.17. The van der Waals surface area contributed by atoms with Gasteiger partial charge in [-0.25, -0.2) is 4.79 Å². The lowest BCUT2D eigenvalue weighted by molar-refractivity contribution is -0.384. The van der Waals surface area contributed by atoms with Crippen LogP contribution in [-0.4, -0.2) is 42.5 Å². The van der Waals surface area contributed by atoms with Crippen LogP contribution < -0.4 is 10.2 Å². The predicted octanol–water partition coefficient (Wildman–Crippen LogP) is 2.80. The molecule has 0 radical (unpaired) electrons. The van der Waals surface area contributed by atoms with Crippen molar-refractivity contribution in [2.45, 2.75) is 51.0 Å². The minimum Gasteiger partial charge on any atom is -0.452 e. The molecule has 0 unspecified atom stereocenters. The van der Waals surface area contributed by atoms with Crippen LogP contribution in [0.25, 0.3) is 0 Å². The summed E-state index contributed by atoms with van der Waals surface area (Å²) in [7, 11) is 0. The van der Waals surface area contributed by atoms with E-state index in [2.05, 4.69) is 5.32 Å². The summed E-state index contributed by atoms with van der Waals surface area (Å²) in [4.78, 5) is 37.1. The molecule has 8 heteroatoms. The highest BCUT2D eigenvalue weighted by Gasteiger charge is 2.24. The maximum absolute atomic E-state index is 12.5. The number of carbonyl (C=O) groups excluding carboxylic acids is 2. The van der Waals surface area contributed by atoms with Gasteiger partial charge in [0.2, 0.25) is 0 Å². The quantitative estimate of drug-likeness (QED) is 0.466. The fraction of sp³-hybridized carbons (Fsp3) is 0.579. The number of ether oxygens (including phenoxy) is 1. The molecule has 1 aliphatic carbocycles. The summed E-state index contributed by atoms with van der Waals surface area (Å²) in [5.41, 5.74) is 0.587. The molecule has 0 spiro atoms. The smallest absolute Gasteiger partial charge is 0.341 e. The molecule has 27 heavy (non-hydrogen) atoms. The molecule has 2 aliphatic rings. The molecule has 1 N–H and O–H groups in total. The van der Waals surface area contributed by atoms with E-state index >= 15 is 0 Å². The number of hydrogen-bond acceptors (Lipinski definition) is 6. The second-order valence-corrected chi connectivity index (χ2v) is 7.13. The van der Waals surface area contributed by atoms with Gasteiger partial charge in [0, 0.05) is 31.3 Å². The van der Waals surface area contributed by atoms with Gasteiger partial charge in [0.15, 0.2) is 6.61 Å². The molecule has 8 nitrogen and oxygen atoms in total. The van der Waals surface area contributed by atoms with Crippen LogP contribution in [0.4, 0.5) is 11.4 Å². The summed E-state index contributed by atoms with van der Waals surface area (Å²) in [5.74, 6) is -1.04. The molecule has 2 fully saturated rings. The van der Waals surface area contributed by atoms with E-state index in [1.54, 1.807) is 6.07 Å². The monoisotopic (exact) mass is 375 g/mol. The summed E-state index contributed by atoms with van der Waals surface area (Å²) in [6.07, 6.45) is 7.29. The topological polar surface area (TPSA) is 102 Å². The molecular formula is C19H25N3O5. The van der Waals surface area contributed by atoms with Gasteiger partial charge in [0.05, 0.1) is 16.2 Å². The molecule has 1 aromatic carbocycles. The number of nitrogens with zero attached hydrogens (tertiary/aromatic N) is 2. The number of anilines is 1. The van der Waals surface area contributed by atoms with Crippen LogP contribution in [0, 0.1) is 10.1 Å². The van der Waals surface area contributed by atoms with Gasteiger partial charge in [-0.3, -0.25) is 14.9 Å². The molecule has 1 amide bonds. The van der Waals surface area contributed by atoms with Gasteiger partial charge in [-0.2, -0.15) is 0 Å². The van der Waals surface area contributed by atoms with Crippen molar-refractivity contribution in [3.63, 3.8) is 0 Å². The summed E-state index contributed by atoms with van der Waals surface area (Å²) in [6, 6.07) is 4.35. The summed E-state index contributed by atoms with van der Waals surface area (Å²) in [6.45, 7) is 1.21. The molecule has 1 saturated carbocycles. The van der Waals surface area contributed by atoms with Crippen LogP contribution in [0.5, 0.6) is 0 Å². The predicted molar refractivity (Wildman–Crippen MR) is 99.8 cm³/mol. The first-order chi connectivity index (χ1) is 13.0. The molecule has 146 valence electrons. The first-order valence-electron chi connectivity index (χ1n) is 9.54. The number of rotatable bonds is 6. The molecular weight excluding hydrogens is 350 g/mol. The third-order valence-electron chi connectivity index (χ3n) is 5.16. The fourth-order valence-corrected chi connectivity index (χ4v) is 3.76. The van der Waals surface area contributed by atoms with E-state index in [1.807, 2.05) is 4.90 Å². The van der Waals surface area contributed by atoms with Gasteiger partial charge < -0.3 is 15.0 Å². The number of non-ortho nitro benzene ring substituents is 1. The van der Waals surface area contributed by atoms with Gasteiger partial charge in [-0.05, 0) is 31.7 Å². The maximum Gasteiger partial charge on any atom is 0.341 e. The van der Waals surface area contributed by atoms with Crippen molar-refractivity contribution in [3.05, 3.63) is 33.9 Å². The van der Waals surface area contributed by atoms with E-state index in [9.17, 15) is 19.7 Å². The van der Waals surface area contributed by atoms with Crippen LogP contribution in [-0.2, 0) is 9.53 Å². The zero-order valence-electron chi connectivity index (χ0n) is 15.3. The molecule has 1 aliphatic heterocycles. The number of benzene rings is 1. The van der Waals surface area contributed by atoms with Gasteiger partial charge in [-0.1, -0.05) is 19.3 Å². The third-order valence-corrected chi connectivity index (χ3v) is 5.16. The molecule has 1 saturated heterocycles. The lowest BCUT2D eigenvalue weighted by Crippen LogP contribution is -2.38. The van der Waals surface area contributed by atoms with Crippen molar-refractivity contribution in [2.24, 2.45) is 0 Å². The van der Waals surface area contributed by atoms with Crippen molar-refractivity contribution in [3.8, 4) is 0 Å². The van der Waals surface area contributed by atoms with Crippen molar-refractivity contribution in [2.75, 3.05) is 24.6 Å². The van der Waals surface area contributed by atoms with Crippen LogP contribution in [0.3, 0.4) is 0 Å². The van der Waals surface area contributed by atoms with E-state index < -0.39 is 10.9 Å². The SMILES string of the molecule is O=C(COC(=O)c1cc([N+](=O)[O-])ccc1N1CCCC1)NC1CCCCC1. The molecule has 1 aromatic rings. The summed E-state index contributed by atoms with van der Waals surface area (Å²) in [5, 5.41) is 14.0. The minimum atomic E-state index is -0.709. The van der Waals surface area contributed by atoms with Crippen LogP contribution in [0.15, 0.2) is 18.2 Å². The average Bonchev–Trinajstić information content (AvgIpc) is 3.21. The Kier molecular flexibility index (Phi) is 6.26. The second kappa shape index (κ2) is 8.83. The fourth-order valence-electron chi connectivity index (χ4n) is 3.76. The Hall–Kier alpha value is -2.64. The Morgan fingerprint density at radius 1 is 1.15 bits per heavy atom.